The van der Waals surface area contributed by atoms with Gasteiger partial charge in [0.25, 0.3) is 0 Å². The monoisotopic (exact) mass is 385 g/mol. The Morgan fingerprint density at radius 3 is 2.71 bits per heavy atom. The van der Waals surface area contributed by atoms with E-state index in [1.807, 2.05) is 44.6 Å². The molecule has 1 N–H and O–H groups in total. The third-order valence-electron chi connectivity index (χ3n) is 5.42. The summed E-state index contributed by atoms with van der Waals surface area (Å²) in [6.45, 7) is 8.69. The Balaban J connectivity index is 1.56. The van der Waals surface area contributed by atoms with E-state index < -0.39 is 0 Å². The van der Waals surface area contributed by atoms with Crippen molar-refractivity contribution in [1.82, 2.24) is 15.1 Å². The van der Waals surface area contributed by atoms with Gasteiger partial charge in [0.2, 0.25) is 12.7 Å². The van der Waals surface area contributed by atoms with Crippen molar-refractivity contribution in [2.24, 2.45) is 0 Å². The summed E-state index contributed by atoms with van der Waals surface area (Å²) in [5.74, 6) is 1.60. The quantitative estimate of drug-likeness (QED) is 0.730. The number of ether oxygens (including phenoxy) is 2. The van der Waals surface area contributed by atoms with E-state index in [0.717, 1.165) is 23.5 Å². The molecule has 1 amide bonds. The Labute approximate surface area is 167 Å². The molecule has 0 saturated heterocycles. The van der Waals surface area contributed by atoms with Gasteiger partial charge in [-0.1, -0.05) is 12.1 Å². The minimum atomic E-state index is -0.0733. The highest BCUT2D eigenvalue weighted by molar-refractivity contribution is 5.93. The maximum absolute atomic E-state index is 12.7. The second-order valence-corrected chi connectivity index (χ2v) is 7.84. The van der Waals surface area contributed by atoms with E-state index in [-0.39, 0.29) is 24.9 Å². The number of nitrogens with zero attached hydrogens (tertiary/aromatic N) is 2. The lowest BCUT2D eigenvalue weighted by Crippen LogP contribution is -2.49. The number of allylic oxidation sites excluding steroid dienone is 1. The van der Waals surface area contributed by atoms with Crippen molar-refractivity contribution in [3.05, 3.63) is 47.8 Å². The van der Waals surface area contributed by atoms with E-state index in [4.69, 9.17) is 9.47 Å². The molecule has 0 bridgehead atoms. The maximum atomic E-state index is 12.7. The van der Waals surface area contributed by atoms with Gasteiger partial charge >= 0.3 is 0 Å². The van der Waals surface area contributed by atoms with Crippen LogP contribution >= 0.6 is 0 Å². The van der Waals surface area contributed by atoms with Gasteiger partial charge in [-0.3, -0.25) is 9.69 Å². The number of likely N-dealkylation sites (N-methyl/N-ethyl adjacent to an activating group) is 1. The zero-order valence-electron chi connectivity index (χ0n) is 17.4. The lowest BCUT2D eigenvalue weighted by Gasteiger charge is -2.32. The van der Waals surface area contributed by atoms with E-state index in [2.05, 4.69) is 42.0 Å². The molecule has 2 atom stereocenters. The SMILES string of the molecule is CC(C)N1C=CCC(C(=O)NC(C)N(C)C(C)Cc2ccc3c(c2)OCO3)=C1. The summed E-state index contributed by atoms with van der Waals surface area (Å²) in [6, 6.07) is 6.65. The summed E-state index contributed by atoms with van der Waals surface area (Å²) in [7, 11) is 2.04. The molecule has 28 heavy (non-hydrogen) atoms. The Morgan fingerprint density at radius 2 is 1.96 bits per heavy atom. The molecule has 152 valence electrons. The molecule has 0 spiro atoms. The molecule has 0 aliphatic carbocycles. The molecule has 2 aliphatic rings. The molecular weight excluding hydrogens is 354 g/mol. The van der Waals surface area contributed by atoms with Crippen molar-refractivity contribution in [3.8, 4) is 11.5 Å². The highest BCUT2D eigenvalue weighted by atomic mass is 16.7. The fourth-order valence-electron chi connectivity index (χ4n) is 3.37. The number of fused-ring (bicyclic) bond motifs is 1. The van der Waals surface area contributed by atoms with Gasteiger partial charge < -0.3 is 19.7 Å². The number of carbonyl (C=O) groups excluding carboxylic acids is 1. The topological polar surface area (TPSA) is 54.0 Å². The van der Waals surface area contributed by atoms with E-state index in [1.54, 1.807) is 0 Å². The van der Waals surface area contributed by atoms with Crippen LogP contribution in [0.3, 0.4) is 0 Å². The molecule has 1 aromatic rings. The highest BCUT2D eigenvalue weighted by Crippen LogP contribution is 2.33. The Hall–Kier alpha value is -2.47. The molecule has 1 aromatic carbocycles. The number of hydrogen-bond donors (Lipinski definition) is 1. The van der Waals surface area contributed by atoms with Crippen LogP contribution in [0, 0.1) is 0 Å². The van der Waals surface area contributed by atoms with Crippen molar-refractivity contribution in [2.45, 2.75) is 58.8 Å². The number of amides is 1. The fraction of sp³-hybridized carbons (Fsp3) is 0.500. The molecule has 2 aliphatic heterocycles. The first-order chi connectivity index (χ1) is 13.3. The highest BCUT2D eigenvalue weighted by Gasteiger charge is 2.22. The predicted octanol–water partition coefficient (Wildman–Crippen LogP) is 3.25. The Morgan fingerprint density at radius 1 is 1.21 bits per heavy atom. The molecule has 0 radical (unpaired) electrons. The third kappa shape index (κ3) is 4.68. The van der Waals surface area contributed by atoms with E-state index >= 15 is 0 Å². The second kappa shape index (κ2) is 8.69. The van der Waals surface area contributed by atoms with Gasteiger partial charge in [-0.15, -0.1) is 0 Å². The molecule has 0 aromatic heterocycles. The molecule has 6 nitrogen and oxygen atoms in total. The first-order valence-corrected chi connectivity index (χ1v) is 9.91. The predicted molar refractivity (Wildman–Crippen MR) is 110 cm³/mol. The number of rotatable bonds is 7. The van der Waals surface area contributed by atoms with Crippen molar-refractivity contribution in [1.29, 1.82) is 0 Å². The summed E-state index contributed by atoms with van der Waals surface area (Å²) in [6.07, 6.45) is 7.47. The Bertz CT molecular complexity index is 772. The van der Waals surface area contributed by atoms with Gasteiger partial charge in [-0.25, -0.2) is 0 Å². The lowest BCUT2D eigenvalue weighted by atomic mass is 10.1. The summed E-state index contributed by atoms with van der Waals surface area (Å²) >= 11 is 0. The lowest BCUT2D eigenvalue weighted by molar-refractivity contribution is -0.119. The van der Waals surface area contributed by atoms with Crippen LogP contribution in [-0.2, 0) is 11.2 Å². The summed E-state index contributed by atoms with van der Waals surface area (Å²) < 4.78 is 10.8. The van der Waals surface area contributed by atoms with Crippen LogP contribution in [0.25, 0.3) is 0 Å². The summed E-state index contributed by atoms with van der Waals surface area (Å²) in [5.41, 5.74) is 1.98. The number of nitrogens with one attached hydrogen (secondary N) is 1. The van der Waals surface area contributed by atoms with Gasteiger partial charge in [0.15, 0.2) is 11.5 Å². The van der Waals surface area contributed by atoms with Gasteiger partial charge in [-0.2, -0.15) is 0 Å². The molecule has 0 saturated carbocycles. The summed E-state index contributed by atoms with van der Waals surface area (Å²) in [4.78, 5) is 16.9. The van der Waals surface area contributed by atoms with Gasteiger partial charge in [0.05, 0.1) is 6.17 Å². The van der Waals surface area contributed by atoms with Gasteiger partial charge in [0, 0.05) is 30.1 Å². The van der Waals surface area contributed by atoms with Crippen LogP contribution in [0.5, 0.6) is 11.5 Å². The third-order valence-corrected chi connectivity index (χ3v) is 5.42. The number of hydrogen-bond acceptors (Lipinski definition) is 5. The van der Waals surface area contributed by atoms with Crippen molar-refractivity contribution < 1.29 is 14.3 Å². The van der Waals surface area contributed by atoms with Crippen LogP contribution in [0.1, 0.15) is 39.7 Å². The molecule has 2 heterocycles. The summed E-state index contributed by atoms with van der Waals surface area (Å²) in [5, 5.41) is 3.13. The smallest absolute Gasteiger partial charge is 0.250 e. The normalized spacial score (nSPS) is 17.7. The first kappa shape index (κ1) is 20.3. The minimum Gasteiger partial charge on any atom is -0.454 e. The Kier molecular flexibility index (Phi) is 6.29. The average Bonchev–Trinajstić information content (AvgIpc) is 3.15. The van der Waals surface area contributed by atoms with Crippen LogP contribution in [0.2, 0.25) is 0 Å². The van der Waals surface area contributed by atoms with E-state index in [0.29, 0.717) is 12.5 Å². The zero-order chi connectivity index (χ0) is 20.3. The van der Waals surface area contributed by atoms with E-state index in [1.165, 1.54) is 5.56 Å². The average molecular weight is 386 g/mol. The fourth-order valence-corrected chi connectivity index (χ4v) is 3.37. The maximum Gasteiger partial charge on any atom is 0.250 e. The molecule has 6 heteroatoms. The van der Waals surface area contributed by atoms with Crippen molar-refractivity contribution in [2.75, 3.05) is 13.8 Å². The number of carbonyl (C=O) groups is 1. The standard InChI is InChI=1S/C22H31N3O3/c1-15(2)25-10-6-7-19(13-25)22(26)23-17(4)24(5)16(3)11-18-8-9-20-21(12-18)28-14-27-20/h6,8-10,12-13,15-17H,7,11,14H2,1-5H3,(H,23,26). The zero-order valence-corrected chi connectivity index (χ0v) is 17.4. The second-order valence-electron chi connectivity index (χ2n) is 7.84. The van der Waals surface area contributed by atoms with Crippen LogP contribution < -0.4 is 14.8 Å². The molecule has 0 fully saturated rings. The van der Waals surface area contributed by atoms with E-state index in [9.17, 15) is 4.79 Å². The first-order valence-electron chi connectivity index (χ1n) is 9.91. The number of benzene rings is 1. The molecular formula is C22H31N3O3. The minimum absolute atomic E-state index is 0.00960. The van der Waals surface area contributed by atoms with Crippen LogP contribution in [-0.4, -0.2) is 47.8 Å². The van der Waals surface area contributed by atoms with Crippen LogP contribution in [0.15, 0.2) is 42.2 Å². The van der Waals surface area contributed by atoms with Crippen LogP contribution in [0.4, 0.5) is 0 Å². The van der Waals surface area contributed by atoms with Gasteiger partial charge in [-0.05, 0) is 65.3 Å². The molecule has 2 unspecified atom stereocenters. The van der Waals surface area contributed by atoms with Crippen molar-refractivity contribution in [3.63, 3.8) is 0 Å². The van der Waals surface area contributed by atoms with Crippen molar-refractivity contribution >= 4 is 5.91 Å². The largest absolute Gasteiger partial charge is 0.454 e. The molecule has 3 rings (SSSR count). The van der Waals surface area contributed by atoms with Gasteiger partial charge in [0.1, 0.15) is 0 Å².